The van der Waals surface area contributed by atoms with Gasteiger partial charge in [-0.1, -0.05) is 0 Å². The van der Waals surface area contributed by atoms with E-state index in [-0.39, 0.29) is 11.9 Å². The molecule has 1 aliphatic rings. The van der Waals surface area contributed by atoms with Crippen molar-refractivity contribution in [1.29, 1.82) is 0 Å². The summed E-state index contributed by atoms with van der Waals surface area (Å²) in [5, 5.41) is 2.86. The fraction of sp³-hybridized carbons (Fsp3) is 0.867. The van der Waals surface area contributed by atoms with Gasteiger partial charge in [-0.2, -0.15) is 0 Å². The second-order valence-corrected chi connectivity index (χ2v) is 5.58. The highest BCUT2D eigenvalue weighted by molar-refractivity contribution is 5.78. The van der Waals surface area contributed by atoms with Gasteiger partial charge in [0.05, 0.1) is 13.2 Å². The van der Waals surface area contributed by atoms with E-state index < -0.39 is 0 Å². The van der Waals surface area contributed by atoms with Gasteiger partial charge in [0.15, 0.2) is 0 Å². The number of piperidine rings is 1. The minimum absolute atomic E-state index is 0.0345. The SMILES string of the molecule is CCOC(=O)CCCNC(=O)CN1CCCC(CCN)C1. The average molecular weight is 299 g/mol. The Kier molecular flexibility index (Phi) is 9.01. The van der Waals surface area contributed by atoms with Crippen LogP contribution in [0.5, 0.6) is 0 Å². The first-order valence-electron chi connectivity index (χ1n) is 8.00. The number of hydrogen-bond acceptors (Lipinski definition) is 5. The molecule has 1 rings (SSSR count). The minimum Gasteiger partial charge on any atom is -0.466 e. The summed E-state index contributed by atoms with van der Waals surface area (Å²) in [7, 11) is 0. The normalized spacial score (nSPS) is 19.2. The van der Waals surface area contributed by atoms with E-state index in [1.165, 1.54) is 6.42 Å². The molecule has 1 fully saturated rings. The molecule has 1 heterocycles. The largest absolute Gasteiger partial charge is 0.466 e. The van der Waals surface area contributed by atoms with Crippen LogP contribution in [0.1, 0.15) is 39.0 Å². The van der Waals surface area contributed by atoms with Gasteiger partial charge < -0.3 is 15.8 Å². The van der Waals surface area contributed by atoms with Gasteiger partial charge in [-0.25, -0.2) is 0 Å². The minimum atomic E-state index is -0.201. The lowest BCUT2D eigenvalue weighted by molar-refractivity contribution is -0.143. The van der Waals surface area contributed by atoms with Gasteiger partial charge >= 0.3 is 5.97 Å². The van der Waals surface area contributed by atoms with Crippen molar-refractivity contribution in [3.05, 3.63) is 0 Å². The van der Waals surface area contributed by atoms with Crippen LogP contribution in [0.2, 0.25) is 0 Å². The van der Waals surface area contributed by atoms with Crippen molar-refractivity contribution in [3.8, 4) is 0 Å². The number of ether oxygens (including phenoxy) is 1. The standard InChI is InChI=1S/C15H29N3O3/c1-2-21-15(20)6-3-9-17-14(19)12-18-10-4-5-13(11-18)7-8-16/h13H,2-12,16H2,1H3,(H,17,19). The molecule has 0 bridgehead atoms. The monoisotopic (exact) mass is 299 g/mol. The zero-order valence-electron chi connectivity index (χ0n) is 13.1. The maximum Gasteiger partial charge on any atom is 0.305 e. The molecular formula is C15H29N3O3. The fourth-order valence-corrected chi connectivity index (χ4v) is 2.72. The fourth-order valence-electron chi connectivity index (χ4n) is 2.72. The van der Waals surface area contributed by atoms with Crippen molar-refractivity contribution in [2.75, 3.05) is 39.3 Å². The number of esters is 1. The third kappa shape index (κ3) is 8.02. The summed E-state index contributed by atoms with van der Waals surface area (Å²) in [6, 6.07) is 0. The number of carbonyl (C=O) groups is 2. The number of nitrogens with zero attached hydrogens (tertiary/aromatic N) is 1. The third-order valence-corrected chi connectivity index (χ3v) is 3.73. The highest BCUT2D eigenvalue weighted by Gasteiger charge is 2.20. The first-order chi connectivity index (χ1) is 10.2. The molecule has 1 aliphatic heterocycles. The van der Waals surface area contributed by atoms with E-state index in [1.54, 1.807) is 6.92 Å². The molecule has 0 radical (unpaired) electrons. The summed E-state index contributed by atoms with van der Waals surface area (Å²) in [6.45, 7) is 5.84. The summed E-state index contributed by atoms with van der Waals surface area (Å²) >= 11 is 0. The average Bonchev–Trinajstić information content (AvgIpc) is 2.45. The van der Waals surface area contributed by atoms with E-state index in [0.29, 0.717) is 38.5 Å². The second kappa shape index (κ2) is 10.6. The van der Waals surface area contributed by atoms with E-state index in [2.05, 4.69) is 10.2 Å². The van der Waals surface area contributed by atoms with Crippen LogP contribution < -0.4 is 11.1 Å². The number of hydrogen-bond donors (Lipinski definition) is 2. The molecule has 6 nitrogen and oxygen atoms in total. The molecule has 0 saturated carbocycles. The quantitative estimate of drug-likeness (QED) is 0.478. The zero-order valence-corrected chi connectivity index (χ0v) is 13.1. The number of amides is 1. The predicted octanol–water partition coefficient (Wildman–Crippen LogP) is 0.507. The van der Waals surface area contributed by atoms with Crippen molar-refractivity contribution in [2.45, 2.75) is 39.0 Å². The summed E-state index contributed by atoms with van der Waals surface area (Å²) in [6.07, 6.45) is 4.38. The number of likely N-dealkylation sites (tertiary alicyclic amines) is 1. The van der Waals surface area contributed by atoms with Gasteiger partial charge in [0.2, 0.25) is 5.91 Å². The number of carbonyl (C=O) groups excluding carboxylic acids is 2. The van der Waals surface area contributed by atoms with Crippen LogP contribution in [0, 0.1) is 5.92 Å². The highest BCUT2D eigenvalue weighted by Crippen LogP contribution is 2.18. The van der Waals surface area contributed by atoms with Crippen LogP contribution in [-0.4, -0.2) is 56.1 Å². The third-order valence-electron chi connectivity index (χ3n) is 3.73. The highest BCUT2D eigenvalue weighted by atomic mass is 16.5. The first-order valence-corrected chi connectivity index (χ1v) is 8.00. The van der Waals surface area contributed by atoms with Crippen LogP contribution in [0.3, 0.4) is 0 Å². The molecule has 0 aliphatic carbocycles. The predicted molar refractivity (Wildman–Crippen MR) is 81.7 cm³/mol. The molecule has 0 aromatic rings. The maximum absolute atomic E-state index is 11.9. The summed E-state index contributed by atoms with van der Waals surface area (Å²) < 4.78 is 4.84. The number of nitrogens with two attached hydrogens (primary N) is 1. The van der Waals surface area contributed by atoms with E-state index in [9.17, 15) is 9.59 Å². The van der Waals surface area contributed by atoms with Crippen LogP contribution >= 0.6 is 0 Å². The van der Waals surface area contributed by atoms with Crippen LogP contribution in [0.4, 0.5) is 0 Å². The Morgan fingerprint density at radius 3 is 2.95 bits per heavy atom. The van der Waals surface area contributed by atoms with Crippen molar-refractivity contribution >= 4 is 11.9 Å². The van der Waals surface area contributed by atoms with E-state index in [4.69, 9.17) is 10.5 Å². The summed E-state index contributed by atoms with van der Waals surface area (Å²) in [5.41, 5.74) is 5.60. The topological polar surface area (TPSA) is 84.7 Å². The van der Waals surface area contributed by atoms with Crippen LogP contribution in [0.15, 0.2) is 0 Å². The van der Waals surface area contributed by atoms with Gasteiger partial charge in [0.25, 0.3) is 0 Å². The van der Waals surface area contributed by atoms with Gasteiger partial charge in [-0.3, -0.25) is 14.5 Å². The lowest BCUT2D eigenvalue weighted by Gasteiger charge is -2.32. The van der Waals surface area contributed by atoms with Gasteiger partial charge in [0.1, 0.15) is 0 Å². The molecule has 122 valence electrons. The Hall–Kier alpha value is -1.14. The summed E-state index contributed by atoms with van der Waals surface area (Å²) in [4.78, 5) is 25.2. The maximum atomic E-state index is 11.9. The van der Waals surface area contributed by atoms with Crippen LogP contribution in [0.25, 0.3) is 0 Å². The molecule has 0 aromatic carbocycles. The molecule has 0 aromatic heterocycles. The lowest BCUT2D eigenvalue weighted by Crippen LogP contribution is -2.43. The summed E-state index contributed by atoms with van der Waals surface area (Å²) in [5.74, 6) is 0.458. The molecule has 3 N–H and O–H groups in total. The Balaban J connectivity index is 2.11. The Morgan fingerprint density at radius 2 is 2.24 bits per heavy atom. The smallest absolute Gasteiger partial charge is 0.305 e. The second-order valence-electron chi connectivity index (χ2n) is 5.58. The Bertz CT molecular complexity index is 321. The number of rotatable bonds is 9. The van der Waals surface area contributed by atoms with Crippen molar-refractivity contribution in [1.82, 2.24) is 10.2 Å². The molecule has 1 unspecified atom stereocenters. The Labute approximate surface area is 127 Å². The molecule has 0 spiro atoms. The molecule has 1 amide bonds. The van der Waals surface area contributed by atoms with Crippen molar-refractivity contribution in [2.24, 2.45) is 11.7 Å². The van der Waals surface area contributed by atoms with Crippen molar-refractivity contribution in [3.63, 3.8) is 0 Å². The molecular weight excluding hydrogens is 270 g/mol. The van der Waals surface area contributed by atoms with Gasteiger partial charge in [-0.05, 0) is 51.6 Å². The first kappa shape index (κ1) is 17.9. The van der Waals surface area contributed by atoms with Crippen molar-refractivity contribution < 1.29 is 14.3 Å². The molecule has 6 heteroatoms. The Morgan fingerprint density at radius 1 is 1.43 bits per heavy atom. The molecule has 21 heavy (non-hydrogen) atoms. The molecule has 1 atom stereocenters. The zero-order chi connectivity index (χ0) is 15.5. The van der Waals surface area contributed by atoms with Gasteiger partial charge in [-0.15, -0.1) is 0 Å². The van der Waals surface area contributed by atoms with E-state index in [1.807, 2.05) is 0 Å². The number of nitrogens with one attached hydrogen (secondary N) is 1. The van der Waals surface area contributed by atoms with Crippen LogP contribution in [-0.2, 0) is 14.3 Å². The van der Waals surface area contributed by atoms with E-state index >= 15 is 0 Å². The lowest BCUT2D eigenvalue weighted by atomic mass is 9.95. The van der Waals surface area contributed by atoms with E-state index in [0.717, 1.165) is 32.5 Å². The van der Waals surface area contributed by atoms with Gasteiger partial charge in [0, 0.05) is 19.5 Å². The molecule has 1 saturated heterocycles.